The van der Waals surface area contributed by atoms with Crippen molar-refractivity contribution in [3.8, 4) is 5.69 Å². The monoisotopic (exact) mass is 315 g/mol. The van der Waals surface area contributed by atoms with E-state index < -0.39 is 0 Å². The summed E-state index contributed by atoms with van der Waals surface area (Å²) in [5.41, 5.74) is 4.16. The Bertz CT molecular complexity index is 942. The number of fused-ring (bicyclic) bond motifs is 1. The van der Waals surface area contributed by atoms with Crippen molar-refractivity contribution in [3.05, 3.63) is 90.4 Å². The van der Waals surface area contributed by atoms with Crippen LogP contribution in [0.3, 0.4) is 0 Å². The maximum Gasteiger partial charge on any atom is 0.0893 e. The molecule has 4 rings (SSSR count). The maximum absolute atomic E-state index is 5.86. The lowest BCUT2D eigenvalue weighted by molar-refractivity contribution is 0.103. The molecule has 24 heavy (non-hydrogen) atoms. The van der Waals surface area contributed by atoms with Crippen LogP contribution in [0, 0.1) is 0 Å². The van der Waals surface area contributed by atoms with Gasteiger partial charge < -0.3 is 4.74 Å². The van der Waals surface area contributed by atoms with E-state index in [1.54, 1.807) is 12.4 Å². The Hall–Kier alpha value is -2.98. The lowest BCUT2D eigenvalue weighted by atomic mass is 10.2. The topological polar surface area (TPSA) is 39.9 Å². The number of rotatable bonds is 5. The molecule has 0 saturated heterocycles. The molecule has 2 aromatic carbocycles. The molecule has 0 radical (unpaired) electrons. The molecule has 4 aromatic rings. The number of aromatic nitrogens is 3. The molecule has 2 heterocycles. The van der Waals surface area contributed by atoms with Crippen molar-refractivity contribution in [2.45, 2.75) is 13.2 Å². The Kier molecular flexibility index (Phi) is 4.04. The average Bonchev–Trinajstić information content (AvgIpc) is 3.10. The standard InChI is InChI=1S/C20H17N3O/c1-2-6-16(7-3-1)14-24-15-17-11-13-22-23(17)20-10-4-9-19-18(20)8-5-12-21-19/h1-13H,14-15H2. The minimum absolute atomic E-state index is 0.506. The number of pyridine rings is 1. The quantitative estimate of drug-likeness (QED) is 0.556. The second-order valence-corrected chi connectivity index (χ2v) is 5.56. The van der Waals surface area contributed by atoms with Crippen LogP contribution in [0.2, 0.25) is 0 Å². The first-order valence-corrected chi connectivity index (χ1v) is 7.90. The van der Waals surface area contributed by atoms with Crippen LogP contribution >= 0.6 is 0 Å². The Morgan fingerprint density at radius 2 is 1.71 bits per heavy atom. The fourth-order valence-corrected chi connectivity index (χ4v) is 2.78. The van der Waals surface area contributed by atoms with Gasteiger partial charge in [0.05, 0.1) is 30.1 Å². The molecule has 0 spiro atoms. The van der Waals surface area contributed by atoms with Gasteiger partial charge >= 0.3 is 0 Å². The van der Waals surface area contributed by atoms with Gasteiger partial charge in [0.2, 0.25) is 0 Å². The summed E-state index contributed by atoms with van der Waals surface area (Å²) in [4.78, 5) is 4.41. The van der Waals surface area contributed by atoms with Crippen molar-refractivity contribution in [2.24, 2.45) is 0 Å². The molecule has 0 aliphatic carbocycles. The maximum atomic E-state index is 5.86. The van der Waals surface area contributed by atoms with Crippen molar-refractivity contribution >= 4 is 10.9 Å². The summed E-state index contributed by atoms with van der Waals surface area (Å²) in [6.07, 6.45) is 3.61. The molecule has 0 saturated carbocycles. The van der Waals surface area contributed by atoms with Crippen molar-refractivity contribution in [1.82, 2.24) is 14.8 Å². The average molecular weight is 315 g/mol. The molecule has 0 N–H and O–H groups in total. The van der Waals surface area contributed by atoms with Crippen molar-refractivity contribution in [3.63, 3.8) is 0 Å². The van der Waals surface area contributed by atoms with Crippen molar-refractivity contribution < 1.29 is 4.74 Å². The summed E-state index contributed by atoms with van der Waals surface area (Å²) in [7, 11) is 0. The van der Waals surface area contributed by atoms with E-state index in [4.69, 9.17) is 4.74 Å². The fourth-order valence-electron chi connectivity index (χ4n) is 2.78. The molecule has 0 unspecified atom stereocenters. The number of hydrogen-bond donors (Lipinski definition) is 0. The minimum Gasteiger partial charge on any atom is -0.370 e. The van der Waals surface area contributed by atoms with Gasteiger partial charge in [-0.3, -0.25) is 4.98 Å². The van der Waals surface area contributed by atoms with E-state index in [-0.39, 0.29) is 0 Å². The lowest BCUT2D eigenvalue weighted by Gasteiger charge is -2.11. The first-order chi connectivity index (χ1) is 11.9. The zero-order valence-corrected chi connectivity index (χ0v) is 13.2. The van der Waals surface area contributed by atoms with Gasteiger partial charge in [-0.2, -0.15) is 5.10 Å². The summed E-state index contributed by atoms with van der Waals surface area (Å²) in [6.45, 7) is 1.09. The highest BCUT2D eigenvalue weighted by molar-refractivity contribution is 5.86. The highest BCUT2D eigenvalue weighted by Crippen LogP contribution is 2.21. The molecule has 4 nitrogen and oxygen atoms in total. The van der Waals surface area contributed by atoms with E-state index in [2.05, 4.69) is 34.3 Å². The molecule has 0 bridgehead atoms. The summed E-state index contributed by atoms with van der Waals surface area (Å²) in [5.74, 6) is 0. The Morgan fingerprint density at radius 1 is 0.792 bits per heavy atom. The fraction of sp³-hybridized carbons (Fsp3) is 0.100. The van der Waals surface area contributed by atoms with E-state index in [0.717, 1.165) is 27.8 Å². The summed E-state index contributed by atoms with van der Waals surface area (Å²) in [6, 6.07) is 22.2. The zero-order valence-electron chi connectivity index (χ0n) is 13.2. The Morgan fingerprint density at radius 3 is 2.62 bits per heavy atom. The molecule has 0 aliphatic heterocycles. The van der Waals surface area contributed by atoms with Crippen LogP contribution in [-0.2, 0) is 18.0 Å². The van der Waals surface area contributed by atoms with E-state index in [9.17, 15) is 0 Å². The molecule has 0 aliphatic rings. The highest BCUT2D eigenvalue weighted by atomic mass is 16.5. The van der Waals surface area contributed by atoms with Gasteiger partial charge in [-0.25, -0.2) is 4.68 Å². The van der Waals surface area contributed by atoms with Crippen LogP contribution in [0.5, 0.6) is 0 Å². The van der Waals surface area contributed by atoms with Crippen LogP contribution in [-0.4, -0.2) is 14.8 Å². The third-order valence-electron chi connectivity index (χ3n) is 3.93. The van der Waals surface area contributed by atoms with Crippen LogP contribution in [0.25, 0.3) is 16.6 Å². The minimum atomic E-state index is 0.506. The molecular formula is C20H17N3O. The van der Waals surface area contributed by atoms with Gasteiger partial charge in [-0.1, -0.05) is 36.4 Å². The molecular weight excluding hydrogens is 298 g/mol. The number of benzene rings is 2. The van der Waals surface area contributed by atoms with Gasteiger partial charge in [0.15, 0.2) is 0 Å². The van der Waals surface area contributed by atoms with E-state index >= 15 is 0 Å². The summed E-state index contributed by atoms with van der Waals surface area (Å²) in [5, 5.41) is 5.55. The predicted octanol–water partition coefficient (Wildman–Crippen LogP) is 4.14. The van der Waals surface area contributed by atoms with Gasteiger partial charge in [0, 0.05) is 17.8 Å². The summed E-state index contributed by atoms with van der Waals surface area (Å²) >= 11 is 0. The third-order valence-corrected chi connectivity index (χ3v) is 3.93. The normalized spacial score (nSPS) is 11.0. The van der Waals surface area contributed by atoms with Gasteiger partial charge in [-0.05, 0) is 35.9 Å². The first kappa shape index (κ1) is 14.6. The number of ether oxygens (including phenoxy) is 1. The van der Waals surface area contributed by atoms with Crippen LogP contribution in [0.15, 0.2) is 79.1 Å². The molecule has 2 aromatic heterocycles. The second kappa shape index (κ2) is 6.64. The lowest BCUT2D eigenvalue weighted by Crippen LogP contribution is -2.05. The zero-order chi connectivity index (χ0) is 16.2. The van der Waals surface area contributed by atoms with E-state index in [0.29, 0.717) is 13.2 Å². The van der Waals surface area contributed by atoms with Gasteiger partial charge in [0.25, 0.3) is 0 Å². The highest BCUT2D eigenvalue weighted by Gasteiger charge is 2.09. The SMILES string of the molecule is c1ccc(COCc2ccnn2-c2cccc3ncccc23)cc1. The molecule has 118 valence electrons. The smallest absolute Gasteiger partial charge is 0.0893 e. The third kappa shape index (κ3) is 2.92. The van der Waals surface area contributed by atoms with Crippen LogP contribution < -0.4 is 0 Å². The molecule has 0 fully saturated rings. The Balaban J connectivity index is 1.58. The van der Waals surface area contributed by atoms with Crippen molar-refractivity contribution in [1.29, 1.82) is 0 Å². The Labute approximate surface area is 140 Å². The number of hydrogen-bond acceptors (Lipinski definition) is 3. The largest absolute Gasteiger partial charge is 0.370 e. The van der Waals surface area contributed by atoms with Crippen LogP contribution in [0.4, 0.5) is 0 Å². The van der Waals surface area contributed by atoms with Gasteiger partial charge in [0.1, 0.15) is 0 Å². The molecule has 0 atom stereocenters. The summed E-state index contributed by atoms with van der Waals surface area (Å²) < 4.78 is 7.79. The molecule has 4 heteroatoms. The van der Waals surface area contributed by atoms with E-state index in [1.165, 1.54) is 0 Å². The van der Waals surface area contributed by atoms with E-state index in [1.807, 2.05) is 47.1 Å². The first-order valence-electron chi connectivity index (χ1n) is 7.90. The van der Waals surface area contributed by atoms with Crippen molar-refractivity contribution in [2.75, 3.05) is 0 Å². The molecule has 0 amide bonds. The van der Waals surface area contributed by atoms with Crippen LogP contribution in [0.1, 0.15) is 11.3 Å². The van der Waals surface area contributed by atoms with Gasteiger partial charge in [-0.15, -0.1) is 0 Å². The second-order valence-electron chi connectivity index (χ2n) is 5.56. The number of nitrogens with zero attached hydrogens (tertiary/aromatic N) is 3. The predicted molar refractivity (Wildman–Crippen MR) is 93.8 cm³/mol.